The summed E-state index contributed by atoms with van der Waals surface area (Å²) >= 11 is 0. The third kappa shape index (κ3) is 4.45. The summed E-state index contributed by atoms with van der Waals surface area (Å²) in [6.45, 7) is -3.50. The van der Waals surface area contributed by atoms with Crippen molar-refractivity contribution >= 4 is 11.5 Å². The van der Waals surface area contributed by atoms with Gasteiger partial charge in [-0.25, -0.2) is 4.39 Å². The first kappa shape index (κ1) is 17.3. The molecule has 0 saturated carbocycles. The average molecular weight is 341 g/mol. The molecule has 24 heavy (non-hydrogen) atoms. The molecule has 126 valence electrons. The first-order valence-electron chi connectivity index (χ1n) is 6.51. The van der Waals surface area contributed by atoms with Gasteiger partial charge in [-0.1, -0.05) is 0 Å². The highest BCUT2D eigenvalue weighted by Gasteiger charge is 2.14. The number of carbonyl (C=O) groups excluding carboxylic acids is 1. The Morgan fingerprint density at radius 2 is 1.83 bits per heavy atom. The van der Waals surface area contributed by atoms with E-state index in [4.69, 9.17) is 4.74 Å². The predicted octanol–water partition coefficient (Wildman–Crippen LogP) is 3.60. The van der Waals surface area contributed by atoms with Crippen LogP contribution in [0.15, 0.2) is 42.5 Å². The Kier molecular flexibility index (Phi) is 5.35. The Bertz CT molecular complexity index is 749. The number of nitrogens with zero attached hydrogens (tertiary/aromatic N) is 1. The molecule has 0 fully saturated rings. The smallest absolute Gasteiger partial charge is 0.387 e. The normalized spacial score (nSPS) is 10.5. The lowest BCUT2D eigenvalue weighted by Crippen LogP contribution is -2.12. The topological polar surface area (TPSA) is 78.7 Å². The van der Waals surface area contributed by atoms with Crippen LogP contribution in [0.4, 0.5) is 18.9 Å². The predicted molar refractivity (Wildman–Crippen MR) is 76.0 cm³/mol. The zero-order valence-electron chi connectivity index (χ0n) is 11.9. The highest BCUT2D eigenvalue weighted by atomic mass is 19.3. The van der Waals surface area contributed by atoms with Crippen LogP contribution in [-0.2, 0) is 0 Å². The van der Waals surface area contributed by atoms with Gasteiger partial charge in [-0.2, -0.15) is 8.78 Å². The van der Waals surface area contributed by atoms with E-state index in [-0.39, 0.29) is 17.1 Å². The van der Waals surface area contributed by atoms with Gasteiger partial charge in [0.05, 0.1) is 11.0 Å². The number of rotatable bonds is 7. The summed E-state index contributed by atoms with van der Waals surface area (Å²) in [5.74, 6) is -1.93. The average Bonchev–Trinajstić information content (AvgIpc) is 2.53. The van der Waals surface area contributed by atoms with Crippen molar-refractivity contribution in [3.05, 3.63) is 64.0 Å². The van der Waals surface area contributed by atoms with Crippen molar-refractivity contribution in [3.63, 3.8) is 0 Å². The number of nitro benzene ring substituents is 1. The Morgan fingerprint density at radius 1 is 1.17 bits per heavy atom. The molecule has 0 saturated heterocycles. The van der Waals surface area contributed by atoms with E-state index in [1.54, 1.807) is 0 Å². The molecule has 0 radical (unpaired) electrons. The van der Waals surface area contributed by atoms with Crippen LogP contribution < -0.4 is 9.47 Å². The fourth-order valence-corrected chi connectivity index (χ4v) is 1.77. The summed E-state index contributed by atoms with van der Waals surface area (Å²) in [5.41, 5.74) is -0.292. The summed E-state index contributed by atoms with van der Waals surface area (Å²) < 4.78 is 46.8. The van der Waals surface area contributed by atoms with Gasteiger partial charge >= 0.3 is 6.61 Å². The van der Waals surface area contributed by atoms with E-state index >= 15 is 0 Å². The maximum Gasteiger partial charge on any atom is 0.387 e. The molecule has 0 N–H and O–H groups in total. The van der Waals surface area contributed by atoms with E-state index in [0.29, 0.717) is 6.07 Å². The van der Waals surface area contributed by atoms with E-state index in [0.717, 1.165) is 12.1 Å². The second-order valence-corrected chi connectivity index (χ2v) is 4.49. The Balaban J connectivity index is 1.99. The van der Waals surface area contributed by atoms with Gasteiger partial charge in [0.2, 0.25) is 0 Å². The second-order valence-electron chi connectivity index (χ2n) is 4.49. The zero-order chi connectivity index (χ0) is 17.7. The first-order valence-corrected chi connectivity index (χ1v) is 6.51. The van der Waals surface area contributed by atoms with Gasteiger partial charge in [-0.05, 0) is 30.3 Å². The van der Waals surface area contributed by atoms with Gasteiger partial charge in [-0.15, -0.1) is 0 Å². The number of alkyl halides is 2. The van der Waals surface area contributed by atoms with E-state index in [9.17, 15) is 28.1 Å². The number of ketones is 1. The largest absolute Gasteiger partial charge is 0.482 e. The maximum atomic E-state index is 13.6. The van der Waals surface area contributed by atoms with E-state index in [2.05, 4.69) is 4.74 Å². The van der Waals surface area contributed by atoms with Crippen LogP contribution in [0.2, 0.25) is 0 Å². The molecule has 0 aliphatic heterocycles. The number of ether oxygens (including phenoxy) is 2. The number of halogens is 3. The molecule has 0 heterocycles. The summed E-state index contributed by atoms with van der Waals surface area (Å²) in [7, 11) is 0. The Hall–Kier alpha value is -3.10. The lowest BCUT2D eigenvalue weighted by atomic mass is 10.1. The molecule has 0 aliphatic rings. The molecule has 2 aromatic carbocycles. The third-order valence-electron chi connectivity index (χ3n) is 2.89. The minimum atomic E-state index is -2.97. The summed E-state index contributed by atoms with van der Waals surface area (Å²) in [6, 6.07) is 7.65. The van der Waals surface area contributed by atoms with Crippen LogP contribution in [0, 0.1) is 15.9 Å². The minimum Gasteiger partial charge on any atom is -0.482 e. The highest BCUT2D eigenvalue weighted by Crippen LogP contribution is 2.23. The van der Waals surface area contributed by atoms with Gasteiger partial charge in [-0.3, -0.25) is 14.9 Å². The Labute approximate surface area is 133 Å². The molecule has 0 amide bonds. The molecule has 0 bridgehead atoms. The van der Waals surface area contributed by atoms with Gasteiger partial charge in [0.1, 0.15) is 5.75 Å². The van der Waals surface area contributed by atoms with Crippen molar-refractivity contribution in [1.82, 2.24) is 0 Å². The molecule has 2 aromatic rings. The molecule has 2 rings (SSSR count). The molecule has 9 heteroatoms. The lowest BCUT2D eigenvalue weighted by Gasteiger charge is -2.07. The number of hydrogen-bond acceptors (Lipinski definition) is 5. The van der Waals surface area contributed by atoms with E-state index in [1.807, 2.05) is 0 Å². The maximum absolute atomic E-state index is 13.6. The van der Waals surface area contributed by atoms with Crippen molar-refractivity contribution in [2.24, 2.45) is 0 Å². The van der Waals surface area contributed by atoms with Crippen molar-refractivity contribution < 1.29 is 32.4 Å². The lowest BCUT2D eigenvalue weighted by molar-refractivity contribution is -0.385. The number of non-ortho nitro benzene ring substituents is 1. The van der Waals surface area contributed by atoms with Crippen molar-refractivity contribution in [3.8, 4) is 11.5 Å². The van der Waals surface area contributed by atoms with Crippen molar-refractivity contribution in [2.45, 2.75) is 6.61 Å². The van der Waals surface area contributed by atoms with Crippen molar-refractivity contribution in [1.29, 1.82) is 0 Å². The summed E-state index contributed by atoms with van der Waals surface area (Å²) in [6.07, 6.45) is 0. The van der Waals surface area contributed by atoms with Gasteiger partial charge in [0, 0.05) is 11.6 Å². The van der Waals surface area contributed by atoms with Crippen LogP contribution in [0.5, 0.6) is 11.5 Å². The molecule has 6 nitrogen and oxygen atoms in total. The third-order valence-corrected chi connectivity index (χ3v) is 2.89. The van der Waals surface area contributed by atoms with Crippen LogP contribution >= 0.6 is 0 Å². The summed E-state index contributed by atoms with van der Waals surface area (Å²) in [5, 5.41) is 10.5. The number of nitro groups is 1. The molecule has 0 spiro atoms. The number of benzene rings is 2. The number of carbonyl (C=O) groups is 1. The van der Waals surface area contributed by atoms with Gasteiger partial charge in [0.15, 0.2) is 24.0 Å². The van der Waals surface area contributed by atoms with E-state index < -0.39 is 35.4 Å². The minimum absolute atomic E-state index is 0.108. The van der Waals surface area contributed by atoms with Crippen LogP contribution in [-0.4, -0.2) is 23.9 Å². The molecule has 0 atom stereocenters. The van der Waals surface area contributed by atoms with Gasteiger partial charge in [0.25, 0.3) is 5.69 Å². The van der Waals surface area contributed by atoms with Crippen LogP contribution in [0.1, 0.15) is 10.4 Å². The standard InChI is InChI=1S/C15H10F3NO5/c16-12-7-10(19(21)22)3-6-14(12)23-8-13(20)9-1-4-11(5-2-9)24-15(17)18/h1-7,15H,8H2. The SMILES string of the molecule is O=C(COc1ccc([N+](=O)[O-])cc1F)c1ccc(OC(F)F)cc1. The van der Waals surface area contributed by atoms with E-state index in [1.165, 1.54) is 24.3 Å². The molecule has 0 unspecified atom stereocenters. The Morgan fingerprint density at radius 3 is 2.38 bits per heavy atom. The molecule has 0 aliphatic carbocycles. The van der Waals surface area contributed by atoms with Crippen LogP contribution in [0.3, 0.4) is 0 Å². The molecular formula is C15H10F3NO5. The highest BCUT2D eigenvalue weighted by molar-refractivity contribution is 5.97. The molecular weight excluding hydrogens is 331 g/mol. The monoisotopic (exact) mass is 341 g/mol. The van der Waals surface area contributed by atoms with Crippen molar-refractivity contribution in [2.75, 3.05) is 6.61 Å². The second kappa shape index (κ2) is 7.44. The van der Waals surface area contributed by atoms with Crippen LogP contribution in [0.25, 0.3) is 0 Å². The number of Topliss-reactive ketones (excluding diaryl/α,β-unsaturated/α-hetero) is 1. The fraction of sp³-hybridized carbons (Fsp3) is 0.133. The summed E-state index contributed by atoms with van der Waals surface area (Å²) in [4.78, 5) is 21.6. The quantitative estimate of drug-likeness (QED) is 0.437. The zero-order valence-corrected chi connectivity index (χ0v) is 11.9. The molecule has 0 aromatic heterocycles. The first-order chi connectivity index (χ1) is 11.4. The van der Waals surface area contributed by atoms with Gasteiger partial charge < -0.3 is 9.47 Å². The fourth-order valence-electron chi connectivity index (χ4n) is 1.77. The number of hydrogen-bond donors (Lipinski definition) is 0.